The number of alkyl carbamates (subject to hydrolysis) is 2. The van der Waals surface area contributed by atoms with Crippen LogP contribution in [0.5, 0.6) is 0 Å². The van der Waals surface area contributed by atoms with E-state index in [2.05, 4.69) is 177 Å². The van der Waals surface area contributed by atoms with Gasteiger partial charge >= 0.3 is 18.3 Å². The maximum absolute atomic E-state index is 12.7. The van der Waals surface area contributed by atoms with E-state index in [0.29, 0.717) is 112 Å². The Labute approximate surface area is 741 Å². The van der Waals surface area contributed by atoms with Gasteiger partial charge in [-0.05, 0) is 158 Å². The van der Waals surface area contributed by atoms with Crippen molar-refractivity contribution in [3.05, 3.63) is 196 Å². The number of carbonyl (C=O) groups is 6. The molecule has 0 unspecified atom stereocenters. The summed E-state index contributed by atoms with van der Waals surface area (Å²) >= 11 is 0. The highest BCUT2D eigenvalue weighted by atomic mass is 16.6. The Morgan fingerprint density at radius 3 is 1.17 bits per heavy atom. The summed E-state index contributed by atoms with van der Waals surface area (Å²) in [4.78, 5) is 111. The molecule has 3 amide bonds. The van der Waals surface area contributed by atoms with Gasteiger partial charge in [0, 0.05) is 175 Å². The second-order valence-corrected chi connectivity index (χ2v) is 36.7. The van der Waals surface area contributed by atoms with E-state index >= 15 is 0 Å². The standard InChI is InChI=1S/C28H40N6O4.C26H35N5O4.C23H32N6O2.C9H11N.C8H15NO3/c1-28(2,3)38-27(37)29-11-13-34-16-22(17-34)32-26-14-24(30-19-31-26)25(36)9-8-23(35)18-33-12-10-20-6-4-5-7-21(20)15-33;1-26(2,3)35-25(34)31-14-20(15-31)29-24-12-22(27-17-28-24)23(33)9-8-21(32)16-30-11-10-18-6-4-5-7-19(18)13-30;24-8-10-29-13-19(14-29)27-23-11-21(25-16-26-23)22(31)6-5-20(30)15-28-9-7-17-3-1-2-4-18(17)12-28;1-2-4-9-7-10-6-5-8(9)3-1;1-8(2,3)12-7(10)9-4-6-5-11-6/h4-7,14,19,22-23,35H,8-13,15-18H2,1-3H3,(H,29,37)(H,30,31,32);4-7,12,17,20-21,32H,8-11,13-16H2,1-3H3,(H,27,28,29);1-4,11,16,19-20,30H,5-10,12-15,24H2,(H,25,26,27);1-4,10H,5-7H2;6H,4-5H2,1-3H3,(H,9,10)/t23-;21-;20-;;6-/m000.0/s1. The van der Waals surface area contributed by atoms with Crippen molar-refractivity contribution in [2.24, 2.45) is 5.73 Å². The minimum atomic E-state index is -0.572. The van der Waals surface area contributed by atoms with Gasteiger partial charge in [0.1, 0.15) is 70.3 Å². The number of aliphatic hydroxyl groups excluding tert-OH is 3. The van der Waals surface area contributed by atoms with Gasteiger partial charge < -0.3 is 76.8 Å². The zero-order valence-electron chi connectivity index (χ0n) is 74.9. The number of carbonyl (C=O) groups excluding carboxylic acids is 6. The second kappa shape index (κ2) is 47.1. The highest BCUT2D eigenvalue weighted by molar-refractivity contribution is 5.96. The van der Waals surface area contributed by atoms with Crippen LogP contribution in [-0.2, 0) is 70.8 Å². The van der Waals surface area contributed by atoms with E-state index in [-0.39, 0.29) is 67.0 Å². The number of hydrogen-bond donors (Lipinski definition) is 10. The molecule has 0 spiro atoms. The quantitative estimate of drug-likeness (QED) is 0.0110. The van der Waals surface area contributed by atoms with Gasteiger partial charge in [-0.3, -0.25) is 38.9 Å². The number of benzene rings is 4. The fourth-order valence-corrected chi connectivity index (χ4v) is 15.6. The lowest BCUT2D eigenvalue weighted by molar-refractivity contribution is 0.0104. The van der Waals surface area contributed by atoms with E-state index in [1.54, 1.807) is 23.1 Å². The van der Waals surface area contributed by atoms with Crippen LogP contribution in [0.2, 0.25) is 0 Å². The number of anilines is 3. The van der Waals surface area contributed by atoms with Crippen LogP contribution in [0.4, 0.5) is 31.8 Å². The van der Waals surface area contributed by atoms with Crippen molar-refractivity contribution < 1.29 is 63.0 Å². The van der Waals surface area contributed by atoms with Gasteiger partial charge in [-0.15, -0.1) is 0 Å². The molecule has 11 heterocycles. The minimum Gasteiger partial charge on any atom is -0.444 e. The van der Waals surface area contributed by atoms with Crippen LogP contribution in [0.25, 0.3) is 0 Å². The smallest absolute Gasteiger partial charge is 0.410 e. The van der Waals surface area contributed by atoms with Gasteiger partial charge in [0.2, 0.25) is 0 Å². The molecule has 11 N–H and O–H groups in total. The molecular formula is C94H133N19O13. The van der Waals surface area contributed by atoms with E-state index in [4.69, 9.17) is 24.7 Å². The van der Waals surface area contributed by atoms with Crippen LogP contribution in [0.1, 0.15) is 177 Å². The first-order chi connectivity index (χ1) is 60.3. The zero-order valence-corrected chi connectivity index (χ0v) is 74.9. The Hall–Kier alpha value is -10.1. The lowest BCUT2D eigenvalue weighted by Gasteiger charge is -2.40. The topological polar surface area (TPSA) is 398 Å². The fraction of sp³-hybridized carbons (Fsp3) is 0.553. The van der Waals surface area contributed by atoms with Crippen molar-refractivity contribution in [3.8, 4) is 0 Å². The van der Waals surface area contributed by atoms with Gasteiger partial charge in [-0.25, -0.2) is 44.3 Å². The molecule has 8 aliphatic heterocycles. The van der Waals surface area contributed by atoms with Crippen molar-refractivity contribution in [2.45, 2.75) is 212 Å². The SMILES string of the molecule is CC(C)(C)OC(=O)N1CC(Nc2cc(C(=O)CC[C@H](O)CN3CCc4ccccc4C3)ncn2)C1.CC(C)(C)OC(=O)NCCN1CC(Nc2cc(C(=O)CC[C@H](O)CN3CCc4ccccc4C3)ncn2)C1.CC(C)(C)OC(=O)NC[C@H]1CO1.NCCN1CC(Nc2cc(C(=O)CC[C@H](O)CN3CCc4ccccc4C3)ncn2)C1.c1ccc2c(c1)CCNC2. The molecule has 4 atom stereocenters. The highest BCUT2D eigenvalue weighted by Crippen LogP contribution is 2.26. The summed E-state index contributed by atoms with van der Waals surface area (Å²) in [6.45, 7) is 34.3. The van der Waals surface area contributed by atoms with Gasteiger partial charge in [-0.2, -0.15) is 0 Å². The van der Waals surface area contributed by atoms with E-state index in [0.717, 1.165) is 117 Å². The molecule has 3 aromatic heterocycles. The van der Waals surface area contributed by atoms with Crippen molar-refractivity contribution in [1.82, 2.24) is 75.3 Å². The summed E-state index contributed by atoms with van der Waals surface area (Å²) in [6.07, 6.45) is 7.73. The van der Waals surface area contributed by atoms with Crippen LogP contribution < -0.4 is 37.6 Å². The minimum absolute atomic E-state index is 0.0388. The summed E-state index contributed by atoms with van der Waals surface area (Å²) in [5, 5.41) is 50.2. The number of nitrogens with zero attached hydrogens (tertiary/aromatic N) is 12. The van der Waals surface area contributed by atoms with Crippen LogP contribution in [0.15, 0.2) is 134 Å². The third-order valence-corrected chi connectivity index (χ3v) is 22.3. The normalized spacial score (nSPS) is 17.9. The van der Waals surface area contributed by atoms with E-state index < -0.39 is 41.2 Å². The first kappa shape index (κ1) is 96.5. The predicted octanol–water partition coefficient (Wildman–Crippen LogP) is 8.53. The molecule has 682 valence electrons. The molecule has 4 aromatic carbocycles. The number of β-amino-alcohol motifs (C(OH)–C–C–N with tert-alkyl or cyclic N) is 3. The van der Waals surface area contributed by atoms with Crippen molar-refractivity contribution in [1.29, 1.82) is 0 Å². The summed E-state index contributed by atoms with van der Waals surface area (Å²) < 4.78 is 20.5. The number of nitrogens with two attached hydrogens (primary N) is 1. The van der Waals surface area contributed by atoms with Gasteiger partial charge in [0.05, 0.1) is 49.1 Å². The second-order valence-electron chi connectivity index (χ2n) is 36.7. The molecule has 0 aliphatic carbocycles. The number of amides is 3. The molecule has 4 saturated heterocycles. The predicted molar refractivity (Wildman–Crippen MR) is 483 cm³/mol. The molecule has 8 aliphatic rings. The molecule has 126 heavy (non-hydrogen) atoms. The average Bonchev–Trinajstić information content (AvgIpc) is 0.959. The van der Waals surface area contributed by atoms with Crippen LogP contribution in [0.3, 0.4) is 0 Å². The molecule has 32 heteroatoms. The third kappa shape index (κ3) is 33.3. The fourth-order valence-electron chi connectivity index (χ4n) is 15.6. The molecule has 0 bridgehead atoms. The number of likely N-dealkylation sites (tertiary alicyclic amines) is 3. The summed E-state index contributed by atoms with van der Waals surface area (Å²) in [5.41, 5.74) is 16.3. The number of rotatable bonds is 31. The summed E-state index contributed by atoms with van der Waals surface area (Å²) in [5.74, 6) is 1.55. The molecule has 0 radical (unpaired) electrons. The molecule has 15 rings (SSSR count). The zero-order chi connectivity index (χ0) is 89.8. The molecule has 0 saturated carbocycles. The lowest BCUT2D eigenvalue weighted by Crippen LogP contribution is -2.58. The van der Waals surface area contributed by atoms with Crippen LogP contribution in [0, 0.1) is 0 Å². The van der Waals surface area contributed by atoms with Gasteiger partial charge in [-0.1, -0.05) is 97.1 Å². The molecule has 7 aromatic rings. The lowest BCUT2D eigenvalue weighted by atomic mass is 9.99. The Kier molecular flexibility index (Phi) is 36.1. The maximum atomic E-state index is 12.7. The van der Waals surface area contributed by atoms with E-state index in [1.807, 2.05) is 68.4 Å². The van der Waals surface area contributed by atoms with Crippen molar-refractivity contribution in [3.63, 3.8) is 0 Å². The number of ether oxygens (including phenoxy) is 4. The molecule has 32 nitrogen and oxygen atoms in total. The summed E-state index contributed by atoms with van der Waals surface area (Å²) in [7, 11) is 0. The number of ketones is 3. The largest absolute Gasteiger partial charge is 0.444 e. The number of aliphatic hydroxyl groups is 3. The van der Waals surface area contributed by atoms with E-state index in [9.17, 15) is 44.1 Å². The van der Waals surface area contributed by atoms with Crippen molar-refractivity contribution in [2.75, 3.05) is 140 Å². The number of hydrogen-bond acceptors (Lipinski definition) is 29. The maximum Gasteiger partial charge on any atom is 0.410 e. The Bertz CT molecular complexity index is 4630. The first-order valence-corrected chi connectivity index (χ1v) is 44.6. The van der Waals surface area contributed by atoms with Crippen LogP contribution >= 0.6 is 0 Å². The highest BCUT2D eigenvalue weighted by Gasteiger charge is 2.35. The van der Waals surface area contributed by atoms with E-state index in [1.165, 1.54) is 69.9 Å². The number of aromatic nitrogens is 6. The van der Waals surface area contributed by atoms with Gasteiger partial charge in [0.15, 0.2) is 17.3 Å². The third-order valence-electron chi connectivity index (χ3n) is 22.3. The van der Waals surface area contributed by atoms with Crippen molar-refractivity contribution >= 4 is 53.1 Å². The van der Waals surface area contributed by atoms with Gasteiger partial charge in [0.25, 0.3) is 0 Å². The Balaban J connectivity index is 0.000000163. The number of fused-ring (bicyclic) bond motifs is 4. The monoisotopic (exact) mass is 1740 g/mol. The summed E-state index contributed by atoms with van der Waals surface area (Å²) in [6, 6.07) is 39.5. The average molecular weight is 1740 g/mol. The Morgan fingerprint density at radius 1 is 0.460 bits per heavy atom. The first-order valence-electron chi connectivity index (χ1n) is 44.6. The molecule has 4 fully saturated rings. The van der Waals surface area contributed by atoms with Crippen LogP contribution in [-0.4, -0.2) is 294 Å². The number of nitrogens with one attached hydrogen (secondary N) is 6. The molecular weight excluding hydrogens is 1600 g/mol. The number of epoxide rings is 1. The Morgan fingerprint density at radius 2 is 0.810 bits per heavy atom. The number of Topliss-reactive ketones (excluding diaryl/α,β-unsaturated/α-hetero) is 3.